The molecule has 0 bridgehead atoms. The van der Waals surface area contributed by atoms with Crippen molar-refractivity contribution in [2.75, 3.05) is 6.54 Å². The van der Waals surface area contributed by atoms with Crippen LogP contribution in [0.4, 0.5) is 0 Å². The molecule has 220 valence electrons. The number of ether oxygens (including phenoxy) is 1. The summed E-state index contributed by atoms with van der Waals surface area (Å²) in [7, 11) is 0. The number of unbranched alkanes of at least 4 members (excludes halogenated alkanes) is 1. The Labute approximate surface area is 240 Å². The number of aliphatic hydroxyl groups excluding tert-OH is 1. The highest BCUT2D eigenvalue weighted by Gasteiger charge is 2.59. The van der Waals surface area contributed by atoms with Gasteiger partial charge in [0, 0.05) is 30.5 Å². The highest BCUT2D eigenvalue weighted by atomic mass is 16.6. The first-order chi connectivity index (χ1) is 19.4. The lowest BCUT2D eigenvalue weighted by molar-refractivity contribution is -0.121. The van der Waals surface area contributed by atoms with Crippen LogP contribution in [-0.4, -0.2) is 64.0 Å². The third-order valence-electron chi connectivity index (χ3n) is 6.76. The summed E-state index contributed by atoms with van der Waals surface area (Å²) in [6.07, 6.45) is 14.7. The number of hydrogen-bond acceptors (Lipinski definition) is 8. The van der Waals surface area contributed by atoms with E-state index in [2.05, 4.69) is 22.9 Å². The van der Waals surface area contributed by atoms with Crippen LogP contribution in [0.5, 0.6) is 0 Å². The summed E-state index contributed by atoms with van der Waals surface area (Å²) < 4.78 is 5.39. The van der Waals surface area contributed by atoms with Gasteiger partial charge >= 0.3 is 0 Å². The Kier molecular flexibility index (Phi) is 10.9. The van der Waals surface area contributed by atoms with Crippen LogP contribution in [0.3, 0.4) is 0 Å². The zero-order valence-corrected chi connectivity index (χ0v) is 23.9. The molecule has 2 aliphatic carbocycles. The highest BCUT2D eigenvalue weighted by molar-refractivity contribution is 6.07. The van der Waals surface area contributed by atoms with Gasteiger partial charge in [-0.2, -0.15) is 0 Å². The molecule has 0 aromatic carbocycles. The van der Waals surface area contributed by atoms with Crippen LogP contribution in [0.2, 0.25) is 0 Å². The zero-order chi connectivity index (χ0) is 30.2. The maximum Gasteiger partial charge on any atom is 0.251 e. The fourth-order valence-electron chi connectivity index (χ4n) is 4.51. The van der Waals surface area contributed by atoms with Crippen LogP contribution in [-0.2, 0) is 23.9 Å². The smallest absolute Gasteiger partial charge is 0.251 e. The van der Waals surface area contributed by atoms with Crippen molar-refractivity contribution in [2.45, 2.75) is 77.2 Å². The molecular formula is C31H39N3O7. The molecule has 1 fully saturated rings. The van der Waals surface area contributed by atoms with Crippen molar-refractivity contribution >= 4 is 23.4 Å². The van der Waals surface area contributed by atoms with Gasteiger partial charge in [0.2, 0.25) is 11.7 Å². The Morgan fingerprint density at radius 2 is 1.88 bits per heavy atom. The number of carbonyl (C=O) groups is 4. The molecule has 0 spiro atoms. The number of hydrogen-bond donors (Lipinski definition) is 5. The Morgan fingerprint density at radius 1 is 1.15 bits per heavy atom. The standard InChI is InChI=1S/C31H39N3O7/c1-5-6-15-32-21(4)17-19(2)16-20(3)30(39)33-22-18-31(40,29-28(41-29)27(22)38)14-10-8-7-9-11-25(37)34-26-23(35)12-13-24(26)36/h7-11,14,16-18,21,28-29,32,35,40H,5-6,12-13,15H2,1-4H3,(H,33,39)(H,34,37)/b8-7+,11-9+,14-10+,19-17+,20-16+/t21-,28+,29+,31-/m0/s1. The van der Waals surface area contributed by atoms with Gasteiger partial charge in [-0.15, -0.1) is 0 Å². The number of ketones is 2. The van der Waals surface area contributed by atoms with E-state index in [1.165, 1.54) is 36.5 Å². The van der Waals surface area contributed by atoms with Gasteiger partial charge in [-0.1, -0.05) is 55.4 Å². The van der Waals surface area contributed by atoms with Crippen molar-refractivity contribution in [3.05, 3.63) is 83.0 Å². The monoisotopic (exact) mass is 565 g/mol. The first kappa shape index (κ1) is 31.7. The van der Waals surface area contributed by atoms with Crippen molar-refractivity contribution in [1.82, 2.24) is 16.0 Å². The Morgan fingerprint density at radius 3 is 2.56 bits per heavy atom. The van der Waals surface area contributed by atoms with Crippen LogP contribution >= 0.6 is 0 Å². The lowest BCUT2D eigenvalue weighted by Crippen LogP contribution is -2.42. The first-order valence-corrected chi connectivity index (χ1v) is 13.8. The molecule has 5 N–H and O–H groups in total. The molecular weight excluding hydrogens is 526 g/mol. The summed E-state index contributed by atoms with van der Waals surface area (Å²) in [6.45, 7) is 8.65. The van der Waals surface area contributed by atoms with Gasteiger partial charge in [-0.3, -0.25) is 19.2 Å². The fraction of sp³-hybridized carbons (Fsp3) is 0.419. The maximum absolute atomic E-state index is 12.8. The minimum absolute atomic E-state index is 0.0375. The number of nitrogens with one attached hydrogen (secondary N) is 3. The van der Waals surface area contributed by atoms with E-state index in [1.54, 1.807) is 19.1 Å². The molecule has 10 heteroatoms. The van der Waals surface area contributed by atoms with E-state index >= 15 is 0 Å². The zero-order valence-electron chi connectivity index (χ0n) is 23.9. The molecule has 0 aromatic rings. The number of allylic oxidation sites excluding steroid dienone is 8. The molecule has 41 heavy (non-hydrogen) atoms. The van der Waals surface area contributed by atoms with Crippen molar-refractivity contribution in [3.8, 4) is 0 Å². The second-order valence-corrected chi connectivity index (χ2v) is 10.4. The van der Waals surface area contributed by atoms with Crippen molar-refractivity contribution in [1.29, 1.82) is 0 Å². The van der Waals surface area contributed by atoms with E-state index in [0.29, 0.717) is 5.57 Å². The molecule has 3 aliphatic rings. The molecule has 2 amide bonds. The fourth-order valence-corrected chi connectivity index (χ4v) is 4.51. The molecule has 3 rings (SSSR count). The van der Waals surface area contributed by atoms with Gasteiger partial charge in [0.1, 0.15) is 23.2 Å². The van der Waals surface area contributed by atoms with Crippen molar-refractivity contribution < 1.29 is 34.1 Å². The second-order valence-electron chi connectivity index (χ2n) is 10.4. The lowest BCUT2D eigenvalue weighted by atomic mass is 9.88. The quantitative estimate of drug-likeness (QED) is 0.0987. The number of rotatable bonds is 13. The van der Waals surface area contributed by atoms with Gasteiger partial charge in [0.05, 0.1) is 5.70 Å². The summed E-state index contributed by atoms with van der Waals surface area (Å²) in [5.74, 6) is -1.87. The molecule has 0 radical (unpaired) electrons. The van der Waals surface area contributed by atoms with Gasteiger partial charge in [-0.05, 0) is 45.9 Å². The third-order valence-corrected chi connectivity index (χ3v) is 6.76. The second kappa shape index (κ2) is 14.2. The van der Waals surface area contributed by atoms with Crippen LogP contribution in [0.15, 0.2) is 83.0 Å². The van der Waals surface area contributed by atoms with Gasteiger partial charge in [0.25, 0.3) is 5.91 Å². The van der Waals surface area contributed by atoms with E-state index in [-0.39, 0.29) is 41.8 Å². The van der Waals surface area contributed by atoms with Crippen molar-refractivity contribution in [3.63, 3.8) is 0 Å². The molecule has 10 nitrogen and oxygen atoms in total. The average molecular weight is 566 g/mol. The topological polar surface area (TPSA) is 157 Å². The molecule has 1 saturated heterocycles. The highest BCUT2D eigenvalue weighted by Crippen LogP contribution is 2.40. The van der Waals surface area contributed by atoms with Crippen LogP contribution in [0.25, 0.3) is 0 Å². The number of epoxide rings is 1. The van der Waals surface area contributed by atoms with Crippen LogP contribution in [0.1, 0.15) is 53.4 Å². The molecule has 4 atom stereocenters. The molecule has 0 aromatic heterocycles. The van der Waals surface area contributed by atoms with Gasteiger partial charge in [0.15, 0.2) is 11.9 Å². The van der Waals surface area contributed by atoms with Crippen LogP contribution in [0, 0.1) is 0 Å². The number of Topliss-reactive ketones (excluding diaryl/α,β-unsaturated/α-hetero) is 2. The summed E-state index contributed by atoms with van der Waals surface area (Å²) in [5, 5.41) is 29.1. The van der Waals surface area contributed by atoms with E-state index in [1.807, 2.05) is 19.9 Å². The summed E-state index contributed by atoms with van der Waals surface area (Å²) in [5.41, 5.74) is -0.415. The van der Waals surface area contributed by atoms with E-state index in [4.69, 9.17) is 4.74 Å². The van der Waals surface area contributed by atoms with E-state index in [0.717, 1.165) is 25.0 Å². The summed E-state index contributed by atoms with van der Waals surface area (Å²) in [6, 6.07) is 0.151. The normalized spacial score (nSPS) is 25.7. The minimum Gasteiger partial charge on any atom is -0.510 e. The predicted octanol–water partition coefficient (Wildman–Crippen LogP) is 2.66. The molecule has 1 aliphatic heterocycles. The van der Waals surface area contributed by atoms with Crippen molar-refractivity contribution in [2.24, 2.45) is 0 Å². The Bertz CT molecular complexity index is 1280. The SMILES string of the molecule is CCCCN[C@@H](C)/C=C(C)/C=C(\C)C(=O)NC1=C[C@@](O)(/C=C/C=C/C=C/C(=O)NC2=C(O)CCC2=O)[C@@H]2O[C@@H]2C1=O. The molecule has 0 unspecified atom stereocenters. The lowest BCUT2D eigenvalue weighted by Gasteiger charge is -2.23. The third kappa shape index (κ3) is 8.81. The number of aliphatic hydroxyl groups is 2. The van der Waals surface area contributed by atoms with E-state index in [9.17, 15) is 29.4 Å². The minimum atomic E-state index is -1.62. The average Bonchev–Trinajstić information content (AvgIpc) is 3.67. The Hall–Kier alpha value is -3.86. The number of carbonyl (C=O) groups excluding carboxylic acids is 4. The largest absolute Gasteiger partial charge is 0.510 e. The van der Waals surface area contributed by atoms with Crippen LogP contribution < -0.4 is 16.0 Å². The molecule has 1 heterocycles. The maximum atomic E-state index is 12.8. The summed E-state index contributed by atoms with van der Waals surface area (Å²) >= 11 is 0. The predicted molar refractivity (Wildman–Crippen MR) is 154 cm³/mol. The Balaban J connectivity index is 1.59. The number of amides is 2. The number of fused-ring (bicyclic) bond motifs is 1. The van der Waals surface area contributed by atoms with Gasteiger partial charge < -0.3 is 30.9 Å². The summed E-state index contributed by atoms with van der Waals surface area (Å²) in [4.78, 5) is 49.0. The first-order valence-electron chi connectivity index (χ1n) is 13.8. The van der Waals surface area contributed by atoms with E-state index < -0.39 is 35.4 Å². The van der Waals surface area contributed by atoms with Gasteiger partial charge in [-0.25, -0.2) is 0 Å². The molecule has 0 saturated carbocycles.